The minimum Gasteiger partial charge on any atom is -0.497 e. The van der Waals surface area contributed by atoms with Crippen molar-refractivity contribution in [3.05, 3.63) is 35.4 Å². The highest BCUT2D eigenvalue weighted by Crippen LogP contribution is 2.29. The fourth-order valence-electron chi connectivity index (χ4n) is 1.39. The summed E-state index contributed by atoms with van der Waals surface area (Å²) in [5.74, 6) is 3.48. The van der Waals surface area contributed by atoms with Gasteiger partial charge in [-0.25, -0.2) is 0 Å². The third-order valence-electron chi connectivity index (χ3n) is 2.40. The van der Waals surface area contributed by atoms with Crippen LogP contribution in [0.5, 0.6) is 11.5 Å². The summed E-state index contributed by atoms with van der Waals surface area (Å²) in [6, 6.07) is 5.19. The molecule has 0 fully saturated rings. The first-order chi connectivity index (χ1) is 8.58. The van der Waals surface area contributed by atoms with Crippen molar-refractivity contribution in [1.82, 2.24) is 0 Å². The quantitative estimate of drug-likeness (QED) is 0.641. The molecule has 0 saturated heterocycles. The van der Waals surface area contributed by atoms with Crippen LogP contribution in [0, 0.1) is 12.3 Å². The van der Waals surface area contributed by atoms with Gasteiger partial charge in [0, 0.05) is 5.56 Å². The zero-order valence-electron chi connectivity index (χ0n) is 10.9. The van der Waals surface area contributed by atoms with Crippen LogP contribution in [0.3, 0.4) is 0 Å². The molecule has 18 heavy (non-hydrogen) atoms. The highest BCUT2D eigenvalue weighted by atomic mass is 16.5. The lowest BCUT2D eigenvalue weighted by Gasteiger charge is -2.13. The number of aliphatic hydroxyl groups excluding tert-OH is 1. The van der Waals surface area contributed by atoms with Crippen LogP contribution in [0.15, 0.2) is 29.8 Å². The van der Waals surface area contributed by atoms with Crippen LogP contribution < -0.4 is 9.47 Å². The maximum absolute atomic E-state index is 9.75. The molecular weight excluding hydrogens is 228 g/mol. The normalized spacial score (nSPS) is 11.3. The van der Waals surface area contributed by atoms with Crippen LogP contribution in [-0.4, -0.2) is 18.8 Å². The second-order valence-corrected chi connectivity index (χ2v) is 4.07. The SMILES string of the molecule is C#CC(O)c1cc(OC)ccc1OCC=C(C)C. The van der Waals surface area contributed by atoms with E-state index in [2.05, 4.69) is 5.92 Å². The van der Waals surface area contributed by atoms with Crippen molar-refractivity contribution in [2.24, 2.45) is 0 Å². The van der Waals surface area contributed by atoms with E-state index >= 15 is 0 Å². The Balaban J connectivity index is 2.96. The van der Waals surface area contributed by atoms with Gasteiger partial charge in [-0.2, -0.15) is 0 Å². The molecule has 0 saturated carbocycles. The maximum Gasteiger partial charge on any atom is 0.143 e. The summed E-state index contributed by atoms with van der Waals surface area (Å²) >= 11 is 0. The van der Waals surface area contributed by atoms with Crippen molar-refractivity contribution in [2.75, 3.05) is 13.7 Å². The number of ether oxygens (including phenoxy) is 2. The second-order valence-electron chi connectivity index (χ2n) is 4.07. The molecule has 0 radical (unpaired) electrons. The van der Waals surface area contributed by atoms with Gasteiger partial charge < -0.3 is 14.6 Å². The fraction of sp³-hybridized carbons (Fsp3) is 0.333. The molecule has 0 spiro atoms. The number of aliphatic hydroxyl groups is 1. The average molecular weight is 246 g/mol. The smallest absolute Gasteiger partial charge is 0.143 e. The third-order valence-corrected chi connectivity index (χ3v) is 2.40. The molecule has 0 aliphatic heterocycles. The lowest BCUT2D eigenvalue weighted by atomic mass is 10.1. The number of allylic oxidation sites excluding steroid dienone is 1. The topological polar surface area (TPSA) is 38.7 Å². The molecule has 1 unspecified atom stereocenters. The summed E-state index contributed by atoms with van der Waals surface area (Å²) in [5, 5.41) is 9.75. The highest BCUT2D eigenvalue weighted by molar-refractivity contribution is 5.43. The number of hydrogen-bond donors (Lipinski definition) is 1. The third kappa shape index (κ3) is 3.83. The summed E-state index contributed by atoms with van der Waals surface area (Å²) in [5.41, 5.74) is 1.71. The largest absolute Gasteiger partial charge is 0.497 e. The molecule has 3 nitrogen and oxygen atoms in total. The monoisotopic (exact) mass is 246 g/mol. The molecule has 96 valence electrons. The van der Waals surface area contributed by atoms with Crippen LogP contribution in [0.2, 0.25) is 0 Å². The van der Waals surface area contributed by atoms with Crippen LogP contribution in [0.4, 0.5) is 0 Å². The Hall–Kier alpha value is -1.92. The van der Waals surface area contributed by atoms with Crippen molar-refractivity contribution in [3.63, 3.8) is 0 Å². The van der Waals surface area contributed by atoms with E-state index in [0.29, 0.717) is 23.7 Å². The lowest BCUT2D eigenvalue weighted by molar-refractivity contribution is 0.229. The van der Waals surface area contributed by atoms with Gasteiger partial charge in [-0.1, -0.05) is 11.5 Å². The molecule has 1 aromatic carbocycles. The lowest BCUT2D eigenvalue weighted by Crippen LogP contribution is -2.02. The molecule has 1 N–H and O–H groups in total. The van der Waals surface area contributed by atoms with Crippen molar-refractivity contribution in [1.29, 1.82) is 0 Å². The molecule has 0 amide bonds. The first-order valence-corrected chi connectivity index (χ1v) is 5.66. The summed E-state index contributed by atoms with van der Waals surface area (Å²) < 4.78 is 10.7. The zero-order valence-corrected chi connectivity index (χ0v) is 10.9. The molecule has 1 aromatic rings. The Labute approximate surface area is 108 Å². The standard InChI is InChI=1S/C15H18O3/c1-5-14(16)13-10-12(17-4)6-7-15(13)18-9-8-11(2)3/h1,6-8,10,14,16H,9H2,2-4H3. The molecule has 1 atom stereocenters. The van der Waals surface area contributed by atoms with Gasteiger partial charge in [-0.15, -0.1) is 6.42 Å². The van der Waals surface area contributed by atoms with E-state index in [1.807, 2.05) is 19.9 Å². The maximum atomic E-state index is 9.75. The Bertz CT molecular complexity index is 465. The molecule has 1 rings (SSSR count). The summed E-state index contributed by atoms with van der Waals surface area (Å²) in [4.78, 5) is 0. The van der Waals surface area contributed by atoms with E-state index in [9.17, 15) is 5.11 Å². The number of hydrogen-bond acceptors (Lipinski definition) is 3. The fourth-order valence-corrected chi connectivity index (χ4v) is 1.39. The van der Waals surface area contributed by atoms with E-state index in [-0.39, 0.29) is 0 Å². The minimum atomic E-state index is -0.998. The van der Waals surface area contributed by atoms with Crippen LogP contribution in [0.1, 0.15) is 25.5 Å². The van der Waals surface area contributed by atoms with Crippen molar-refractivity contribution in [2.45, 2.75) is 20.0 Å². The van der Waals surface area contributed by atoms with Crippen LogP contribution >= 0.6 is 0 Å². The van der Waals surface area contributed by atoms with Crippen LogP contribution in [-0.2, 0) is 0 Å². The van der Waals surface area contributed by atoms with E-state index in [4.69, 9.17) is 15.9 Å². The van der Waals surface area contributed by atoms with Gasteiger partial charge >= 0.3 is 0 Å². The molecule has 3 heteroatoms. The van der Waals surface area contributed by atoms with E-state index in [1.54, 1.807) is 25.3 Å². The van der Waals surface area contributed by atoms with Crippen LogP contribution in [0.25, 0.3) is 0 Å². The Morgan fingerprint density at radius 1 is 1.50 bits per heavy atom. The van der Waals surface area contributed by atoms with Gasteiger partial charge in [0.25, 0.3) is 0 Å². The predicted octanol–water partition coefficient (Wildman–Crippen LogP) is 2.71. The molecule has 0 bridgehead atoms. The summed E-state index contributed by atoms with van der Waals surface area (Å²) in [7, 11) is 1.56. The highest BCUT2D eigenvalue weighted by Gasteiger charge is 2.12. The number of benzene rings is 1. The first-order valence-electron chi connectivity index (χ1n) is 5.66. The molecule has 0 aromatic heterocycles. The number of terminal acetylenes is 1. The van der Waals surface area contributed by atoms with Crippen molar-refractivity contribution >= 4 is 0 Å². The van der Waals surface area contributed by atoms with Crippen molar-refractivity contribution < 1.29 is 14.6 Å². The zero-order chi connectivity index (χ0) is 13.5. The van der Waals surface area contributed by atoms with Gasteiger partial charge in [0.05, 0.1) is 7.11 Å². The predicted molar refractivity (Wildman–Crippen MR) is 71.7 cm³/mol. The average Bonchev–Trinajstić information content (AvgIpc) is 2.37. The van der Waals surface area contributed by atoms with Gasteiger partial charge in [0.2, 0.25) is 0 Å². The van der Waals surface area contributed by atoms with E-state index in [1.165, 1.54) is 5.57 Å². The molecule has 0 aliphatic carbocycles. The van der Waals surface area contributed by atoms with Gasteiger partial charge in [-0.3, -0.25) is 0 Å². The first kappa shape index (κ1) is 14.1. The van der Waals surface area contributed by atoms with Gasteiger partial charge in [0.15, 0.2) is 0 Å². The number of rotatable bonds is 5. The molecule has 0 heterocycles. The Morgan fingerprint density at radius 2 is 2.22 bits per heavy atom. The van der Waals surface area contributed by atoms with E-state index < -0.39 is 6.10 Å². The van der Waals surface area contributed by atoms with Crippen molar-refractivity contribution in [3.8, 4) is 23.8 Å². The van der Waals surface area contributed by atoms with Gasteiger partial charge in [0.1, 0.15) is 24.2 Å². The Kier molecular flexibility index (Phi) is 5.29. The molecule has 0 aliphatic rings. The number of methoxy groups -OCH3 is 1. The van der Waals surface area contributed by atoms with Gasteiger partial charge in [-0.05, 0) is 38.1 Å². The second kappa shape index (κ2) is 6.73. The Morgan fingerprint density at radius 3 is 2.78 bits per heavy atom. The summed E-state index contributed by atoms with van der Waals surface area (Å²) in [6.07, 6.45) is 6.19. The molecular formula is C15H18O3. The summed E-state index contributed by atoms with van der Waals surface area (Å²) in [6.45, 7) is 4.43. The van der Waals surface area contributed by atoms with E-state index in [0.717, 1.165) is 0 Å². The minimum absolute atomic E-state index is 0.443.